The predicted molar refractivity (Wildman–Crippen MR) is 78.7 cm³/mol. The lowest BCUT2D eigenvalue weighted by Gasteiger charge is -2.14. The SMILES string of the molecule is C[C@H](Cn1nnc2ccccc21)NC(=O)c1ccncc1. The van der Waals surface area contributed by atoms with Gasteiger partial charge in [-0.15, -0.1) is 5.10 Å². The first-order valence-electron chi connectivity index (χ1n) is 6.73. The van der Waals surface area contributed by atoms with E-state index in [0.717, 1.165) is 11.0 Å². The highest BCUT2D eigenvalue weighted by atomic mass is 16.1. The molecule has 2 aromatic heterocycles. The minimum Gasteiger partial charge on any atom is -0.348 e. The summed E-state index contributed by atoms with van der Waals surface area (Å²) in [5.74, 6) is -0.116. The molecule has 0 saturated carbocycles. The summed E-state index contributed by atoms with van der Waals surface area (Å²) in [4.78, 5) is 16.0. The van der Waals surface area contributed by atoms with E-state index in [9.17, 15) is 4.79 Å². The van der Waals surface area contributed by atoms with Gasteiger partial charge in [0.15, 0.2) is 0 Å². The van der Waals surface area contributed by atoms with Gasteiger partial charge in [0.25, 0.3) is 5.91 Å². The Balaban J connectivity index is 1.69. The van der Waals surface area contributed by atoms with Crippen LogP contribution in [0.15, 0.2) is 48.8 Å². The van der Waals surface area contributed by atoms with Crippen LogP contribution in [-0.4, -0.2) is 31.9 Å². The van der Waals surface area contributed by atoms with Crippen LogP contribution in [0, 0.1) is 0 Å². The molecule has 6 nitrogen and oxygen atoms in total. The van der Waals surface area contributed by atoms with Gasteiger partial charge in [-0.25, -0.2) is 4.68 Å². The molecule has 0 saturated heterocycles. The number of hydrogen-bond acceptors (Lipinski definition) is 4. The Morgan fingerprint density at radius 3 is 2.81 bits per heavy atom. The van der Waals surface area contributed by atoms with Gasteiger partial charge in [0.05, 0.1) is 12.1 Å². The highest BCUT2D eigenvalue weighted by molar-refractivity contribution is 5.94. The number of nitrogens with zero attached hydrogens (tertiary/aromatic N) is 4. The molecule has 0 aliphatic carbocycles. The Labute approximate surface area is 121 Å². The number of carbonyl (C=O) groups is 1. The molecule has 1 N–H and O–H groups in total. The molecule has 1 aromatic carbocycles. The van der Waals surface area contributed by atoms with Gasteiger partial charge >= 0.3 is 0 Å². The van der Waals surface area contributed by atoms with Gasteiger partial charge in [0, 0.05) is 24.0 Å². The zero-order chi connectivity index (χ0) is 14.7. The number of pyridine rings is 1. The van der Waals surface area contributed by atoms with E-state index in [2.05, 4.69) is 20.6 Å². The van der Waals surface area contributed by atoms with Crippen LogP contribution in [0.1, 0.15) is 17.3 Å². The van der Waals surface area contributed by atoms with Crippen molar-refractivity contribution in [1.82, 2.24) is 25.3 Å². The fourth-order valence-corrected chi connectivity index (χ4v) is 2.17. The van der Waals surface area contributed by atoms with Crippen molar-refractivity contribution in [2.24, 2.45) is 0 Å². The van der Waals surface area contributed by atoms with Gasteiger partial charge in [-0.05, 0) is 31.2 Å². The van der Waals surface area contributed by atoms with Crippen LogP contribution in [0.2, 0.25) is 0 Å². The fraction of sp³-hybridized carbons (Fsp3) is 0.200. The van der Waals surface area contributed by atoms with Crippen LogP contribution < -0.4 is 5.32 Å². The van der Waals surface area contributed by atoms with Crippen LogP contribution in [0.5, 0.6) is 0 Å². The quantitative estimate of drug-likeness (QED) is 0.789. The van der Waals surface area contributed by atoms with E-state index in [4.69, 9.17) is 0 Å². The maximum Gasteiger partial charge on any atom is 0.251 e. The summed E-state index contributed by atoms with van der Waals surface area (Å²) in [6.07, 6.45) is 3.20. The molecule has 106 valence electrons. The van der Waals surface area contributed by atoms with E-state index in [-0.39, 0.29) is 11.9 Å². The number of para-hydroxylation sites is 1. The highest BCUT2D eigenvalue weighted by Crippen LogP contribution is 2.10. The van der Waals surface area contributed by atoms with E-state index in [1.54, 1.807) is 29.2 Å². The van der Waals surface area contributed by atoms with Crippen LogP contribution in [-0.2, 0) is 6.54 Å². The molecular weight excluding hydrogens is 266 g/mol. The van der Waals surface area contributed by atoms with Gasteiger partial charge in [-0.1, -0.05) is 17.3 Å². The topological polar surface area (TPSA) is 72.7 Å². The molecule has 0 radical (unpaired) electrons. The number of aromatic nitrogens is 4. The number of rotatable bonds is 4. The lowest BCUT2D eigenvalue weighted by Crippen LogP contribution is -2.35. The van der Waals surface area contributed by atoms with Crippen molar-refractivity contribution >= 4 is 16.9 Å². The first-order valence-corrected chi connectivity index (χ1v) is 6.73. The molecule has 0 unspecified atom stereocenters. The Hall–Kier alpha value is -2.76. The van der Waals surface area contributed by atoms with E-state index in [1.165, 1.54) is 0 Å². The van der Waals surface area contributed by atoms with Crippen molar-refractivity contribution in [2.45, 2.75) is 19.5 Å². The molecule has 2 heterocycles. The molecule has 0 aliphatic heterocycles. The van der Waals surface area contributed by atoms with Crippen molar-refractivity contribution in [3.05, 3.63) is 54.4 Å². The number of carbonyl (C=O) groups excluding carboxylic acids is 1. The van der Waals surface area contributed by atoms with Crippen LogP contribution in [0.4, 0.5) is 0 Å². The lowest BCUT2D eigenvalue weighted by molar-refractivity contribution is 0.0936. The van der Waals surface area contributed by atoms with Gasteiger partial charge in [0.2, 0.25) is 0 Å². The summed E-state index contributed by atoms with van der Waals surface area (Å²) >= 11 is 0. The smallest absolute Gasteiger partial charge is 0.251 e. The van der Waals surface area contributed by atoms with Crippen molar-refractivity contribution in [1.29, 1.82) is 0 Å². The summed E-state index contributed by atoms with van der Waals surface area (Å²) in [5.41, 5.74) is 2.41. The van der Waals surface area contributed by atoms with E-state index in [1.807, 2.05) is 31.2 Å². The summed E-state index contributed by atoms with van der Waals surface area (Å²) in [5, 5.41) is 11.2. The number of hydrogen-bond donors (Lipinski definition) is 1. The largest absolute Gasteiger partial charge is 0.348 e. The third-order valence-electron chi connectivity index (χ3n) is 3.19. The average molecular weight is 281 g/mol. The summed E-state index contributed by atoms with van der Waals surface area (Å²) < 4.78 is 1.80. The second-order valence-corrected chi connectivity index (χ2v) is 4.87. The number of fused-ring (bicyclic) bond motifs is 1. The Bertz CT molecular complexity index is 753. The van der Waals surface area contributed by atoms with Crippen LogP contribution >= 0.6 is 0 Å². The zero-order valence-electron chi connectivity index (χ0n) is 11.6. The Morgan fingerprint density at radius 1 is 1.24 bits per heavy atom. The maximum absolute atomic E-state index is 12.1. The molecule has 3 aromatic rings. The lowest BCUT2D eigenvalue weighted by atomic mass is 10.2. The summed E-state index contributed by atoms with van der Waals surface area (Å²) in [7, 11) is 0. The molecule has 6 heteroatoms. The normalized spacial score (nSPS) is 12.2. The van der Waals surface area contributed by atoms with E-state index >= 15 is 0 Å². The third kappa shape index (κ3) is 2.89. The fourth-order valence-electron chi connectivity index (χ4n) is 2.17. The Morgan fingerprint density at radius 2 is 2.00 bits per heavy atom. The van der Waals surface area contributed by atoms with Gasteiger partial charge < -0.3 is 5.32 Å². The molecule has 21 heavy (non-hydrogen) atoms. The van der Waals surface area contributed by atoms with Crippen molar-refractivity contribution in [3.8, 4) is 0 Å². The molecular formula is C15H15N5O. The first-order chi connectivity index (χ1) is 10.2. The summed E-state index contributed by atoms with van der Waals surface area (Å²) in [6, 6.07) is 11.1. The van der Waals surface area contributed by atoms with Crippen LogP contribution in [0.25, 0.3) is 11.0 Å². The molecule has 0 fully saturated rings. The molecule has 3 rings (SSSR count). The highest BCUT2D eigenvalue weighted by Gasteiger charge is 2.12. The van der Waals surface area contributed by atoms with Crippen molar-refractivity contribution in [3.63, 3.8) is 0 Å². The third-order valence-corrected chi connectivity index (χ3v) is 3.19. The molecule has 0 aliphatic rings. The number of benzene rings is 1. The number of amides is 1. The standard InChI is InChI=1S/C15H15N5O/c1-11(17-15(21)12-6-8-16-9-7-12)10-20-14-5-3-2-4-13(14)18-19-20/h2-9,11H,10H2,1H3,(H,17,21)/t11-/m1/s1. The predicted octanol–water partition coefficient (Wildman–Crippen LogP) is 1.64. The minimum atomic E-state index is -0.116. The molecule has 0 spiro atoms. The van der Waals surface area contributed by atoms with E-state index in [0.29, 0.717) is 12.1 Å². The Kier molecular flexibility index (Phi) is 3.59. The monoisotopic (exact) mass is 281 g/mol. The van der Waals surface area contributed by atoms with Crippen molar-refractivity contribution in [2.75, 3.05) is 0 Å². The average Bonchev–Trinajstić information content (AvgIpc) is 2.91. The van der Waals surface area contributed by atoms with Gasteiger partial charge in [-0.2, -0.15) is 0 Å². The van der Waals surface area contributed by atoms with Crippen molar-refractivity contribution < 1.29 is 4.79 Å². The maximum atomic E-state index is 12.1. The first kappa shape index (κ1) is 13.2. The number of nitrogens with one attached hydrogen (secondary N) is 1. The minimum absolute atomic E-state index is 0.0595. The molecule has 1 amide bonds. The second-order valence-electron chi connectivity index (χ2n) is 4.87. The molecule has 1 atom stereocenters. The van der Waals surface area contributed by atoms with Crippen LogP contribution in [0.3, 0.4) is 0 Å². The zero-order valence-corrected chi connectivity index (χ0v) is 11.6. The summed E-state index contributed by atoms with van der Waals surface area (Å²) in [6.45, 7) is 2.51. The van der Waals surface area contributed by atoms with Gasteiger partial charge in [-0.3, -0.25) is 9.78 Å². The molecule has 0 bridgehead atoms. The second kappa shape index (κ2) is 5.70. The van der Waals surface area contributed by atoms with Gasteiger partial charge in [0.1, 0.15) is 5.52 Å². The van der Waals surface area contributed by atoms with E-state index < -0.39 is 0 Å².